The third-order valence-corrected chi connectivity index (χ3v) is 5.73. The lowest BCUT2D eigenvalue weighted by Crippen LogP contribution is -2.45. The zero-order chi connectivity index (χ0) is 21.8. The van der Waals surface area contributed by atoms with E-state index in [1.807, 2.05) is 44.2 Å². The highest BCUT2D eigenvalue weighted by Crippen LogP contribution is 2.23. The molecule has 1 fully saturated rings. The van der Waals surface area contributed by atoms with Crippen molar-refractivity contribution in [2.45, 2.75) is 33.0 Å². The number of para-hydroxylation sites is 1. The number of nitrogens with one attached hydrogen (secondary N) is 1. The van der Waals surface area contributed by atoms with Gasteiger partial charge in [0.15, 0.2) is 0 Å². The van der Waals surface area contributed by atoms with Gasteiger partial charge in [0.1, 0.15) is 17.7 Å². The molecule has 8 nitrogen and oxygen atoms in total. The molecule has 4 rings (SSSR count). The smallest absolute Gasteiger partial charge is 0.240 e. The minimum absolute atomic E-state index is 0.0537. The molecule has 2 aromatic heterocycles. The molecule has 3 heterocycles. The summed E-state index contributed by atoms with van der Waals surface area (Å²) in [5.41, 5.74) is 7.68. The number of piperazine rings is 1. The number of benzene rings is 1. The van der Waals surface area contributed by atoms with Crippen LogP contribution in [0.4, 0.5) is 5.82 Å². The summed E-state index contributed by atoms with van der Waals surface area (Å²) in [7, 11) is 0. The normalized spacial score (nSPS) is 16.6. The fourth-order valence-electron chi connectivity index (χ4n) is 3.97. The van der Waals surface area contributed by atoms with Crippen molar-refractivity contribution in [3.8, 4) is 0 Å². The molecule has 0 unspecified atom stereocenters. The van der Waals surface area contributed by atoms with E-state index in [1.54, 1.807) is 12.5 Å². The van der Waals surface area contributed by atoms with Crippen LogP contribution in [0.5, 0.6) is 0 Å². The number of hydrogen-bond acceptors (Lipinski definition) is 7. The van der Waals surface area contributed by atoms with E-state index < -0.39 is 6.04 Å². The average Bonchev–Trinajstić information content (AvgIpc) is 3.26. The number of nitrogens with two attached hydrogens (primary N) is 1. The van der Waals surface area contributed by atoms with Crippen LogP contribution in [-0.2, 0) is 17.9 Å². The van der Waals surface area contributed by atoms with Gasteiger partial charge in [0.05, 0.1) is 24.6 Å². The summed E-state index contributed by atoms with van der Waals surface area (Å²) in [6, 6.07) is 9.38. The molecule has 3 aromatic rings. The van der Waals surface area contributed by atoms with Gasteiger partial charge in [-0.05, 0) is 24.1 Å². The van der Waals surface area contributed by atoms with Gasteiger partial charge in [-0.15, -0.1) is 0 Å². The lowest BCUT2D eigenvalue weighted by Gasteiger charge is -2.34. The van der Waals surface area contributed by atoms with E-state index in [-0.39, 0.29) is 11.8 Å². The molecule has 1 aromatic carbocycles. The van der Waals surface area contributed by atoms with E-state index in [9.17, 15) is 4.79 Å². The highest BCUT2D eigenvalue weighted by Gasteiger charge is 2.22. The van der Waals surface area contributed by atoms with Crippen molar-refractivity contribution in [3.63, 3.8) is 0 Å². The lowest BCUT2D eigenvalue weighted by atomic mass is 10.0. The molecular weight excluding hydrogens is 392 g/mol. The van der Waals surface area contributed by atoms with Crippen molar-refractivity contribution in [1.82, 2.24) is 19.8 Å². The van der Waals surface area contributed by atoms with E-state index in [4.69, 9.17) is 20.1 Å². The average molecular weight is 423 g/mol. The predicted octanol–water partition coefficient (Wildman–Crippen LogP) is 2.46. The summed E-state index contributed by atoms with van der Waals surface area (Å²) in [5, 5.41) is 4.16. The molecule has 0 aliphatic carbocycles. The molecule has 3 N–H and O–H groups in total. The Bertz CT molecular complexity index is 1010. The standard InChI is InChI=1S/C23H30N6O2/c1-16(2)21(22(24)30)27-23-18-5-3-4-6-19(18)25-20(26-23)14-29-10-8-28(9-11-29)13-17-7-12-31-15-17/h3-7,12,15-16,21H,8-11,13-14H2,1-2H3,(H2,24,30)(H,25,26,27)/t21-/m0/s1. The molecule has 1 aliphatic heterocycles. The number of fused-ring (bicyclic) bond motifs is 1. The molecule has 0 bridgehead atoms. The third-order valence-electron chi connectivity index (χ3n) is 5.73. The Morgan fingerprint density at radius 1 is 1.10 bits per heavy atom. The molecule has 8 heteroatoms. The highest BCUT2D eigenvalue weighted by atomic mass is 16.3. The Balaban J connectivity index is 1.47. The van der Waals surface area contributed by atoms with Crippen molar-refractivity contribution >= 4 is 22.6 Å². The third kappa shape index (κ3) is 5.21. The van der Waals surface area contributed by atoms with Gasteiger partial charge in [-0.2, -0.15) is 0 Å². The number of aromatic nitrogens is 2. The fraction of sp³-hybridized carbons (Fsp3) is 0.435. The number of primary amides is 1. The van der Waals surface area contributed by atoms with E-state index in [2.05, 4.69) is 15.1 Å². The van der Waals surface area contributed by atoms with Gasteiger partial charge in [-0.25, -0.2) is 9.97 Å². The largest absolute Gasteiger partial charge is 0.472 e. The van der Waals surface area contributed by atoms with Gasteiger partial charge in [-0.3, -0.25) is 14.6 Å². The maximum absolute atomic E-state index is 11.9. The molecule has 164 valence electrons. The van der Waals surface area contributed by atoms with E-state index in [1.165, 1.54) is 5.56 Å². The van der Waals surface area contributed by atoms with Gasteiger partial charge >= 0.3 is 0 Å². The van der Waals surface area contributed by atoms with Crippen molar-refractivity contribution in [2.75, 3.05) is 31.5 Å². The zero-order valence-corrected chi connectivity index (χ0v) is 18.1. The molecule has 1 amide bonds. The molecule has 31 heavy (non-hydrogen) atoms. The number of furan rings is 1. The number of rotatable bonds is 8. The van der Waals surface area contributed by atoms with Crippen molar-refractivity contribution < 1.29 is 9.21 Å². The van der Waals surface area contributed by atoms with E-state index in [0.717, 1.165) is 49.5 Å². The van der Waals surface area contributed by atoms with Crippen LogP contribution in [-0.4, -0.2) is 57.9 Å². The number of amides is 1. The minimum atomic E-state index is -0.488. The van der Waals surface area contributed by atoms with Gasteiger partial charge < -0.3 is 15.5 Å². The Kier molecular flexibility index (Phi) is 6.48. The minimum Gasteiger partial charge on any atom is -0.472 e. The monoisotopic (exact) mass is 422 g/mol. The van der Waals surface area contributed by atoms with Crippen LogP contribution < -0.4 is 11.1 Å². The van der Waals surface area contributed by atoms with Crippen LogP contribution in [0, 0.1) is 5.92 Å². The Hall–Kier alpha value is -2.97. The van der Waals surface area contributed by atoms with Gasteiger partial charge in [0.25, 0.3) is 0 Å². The molecule has 1 atom stereocenters. The second-order valence-electron chi connectivity index (χ2n) is 8.46. The zero-order valence-electron chi connectivity index (χ0n) is 18.1. The van der Waals surface area contributed by atoms with Crippen LogP contribution >= 0.6 is 0 Å². The maximum Gasteiger partial charge on any atom is 0.240 e. The van der Waals surface area contributed by atoms with E-state index in [0.29, 0.717) is 12.4 Å². The van der Waals surface area contributed by atoms with Gasteiger partial charge in [0.2, 0.25) is 5.91 Å². The number of anilines is 1. The molecule has 1 aliphatic rings. The number of hydrogen-bond donors (Lipinski definition) is 2. The topological polar surface area (TPSA) is 101 Å². The quantitative estimate of drug-likeness (QED) is 0.575. The van der Waals surface area contributed by atoms with Crippen LogP contribution in [0.25, 0.3) is 10.9 Å². The Morgan fingerprint density at radius 2 is 1.81 bits per heavy atom. The first-order chi connectivity index (χ1) is 15.0. The summed E-state index contributed by atoms with van der Waals surface area (Å²) in [6.07, 6.45) is 3.52. The summed E-state index contributed by atoms with van der Waals surface area (Å²) >= 11 is 0. The van der Waals surface area contributed by atoms with Crippen molar-refractivity contribution in [1.29, 1.82) is 0 Å². The first kappa shape index (κ1) is 21.3. The fourth-order valence-corrected chi connectivity index (χ4v) is 3.97. The van der Waals surface area contributed by atoms with E-state index >= 15 is 0 Å². The van der Waals surface area contributed by atoms with Crippen LogP contribution in [0.3, 0.4) is 0 Å². The summed E-state index contributed by atoms with van der Waals surface area (Å²) in [4.78, 5) is 26.3. The van der Waals surface area contributed by atoms with Crippen molar-refractivity contribution in [2.24, 2.45) is 11.7 Å². The first-order valence-corrected chi connectivity index (χ1v) is 10.8. The molecule has 0 saturated carbocycles. The molecule has 0 radical (unpaired) electrons. The second kappa shape index (κ2) is 9.45. The summed E-state index contributed by atoms with van der Waals surface area (Å²) < 4.78 is 5.17. The Morgan fingerprint density at radius 3 is 2.45 bits per heavy atom. The van der Waals surface area contributed by atoms with Crippen molar-refractivity contribution in [3.05, 3.63) is 54.2 Å². The highest BCUT2D eigenvalue weighted by molar-refractivity contribution is 5.91. The number of carbonyl (C=O) groups is 1. The van der Waals surface area contributed by atoms with Crippen LogP contribution in [0.2, 0.25) is 0 Å². The maximum atomic E-state index is 11.9. The van der Waals surface area contributed by atoms with Crippen LogP contribution in [0.1, 0.15) is 25.2 Å². The summed E-state index contributed by atoms with van der Waals surface area (Å²) in [6.45, 7) is 9.39. The SMILES string of the molecule is CC(C)[C@H](Nc1nc(CN2CCN(Cc3ccoc3)CC2)nc2ccccc12)C(N)=O. The van der Waals surface area contributed by atoms with Gasteiger partial charge in [0, 0.05) is 43.7 Å². The van der Waals surface area contributed by atoms with Crippen LogP contribution in [0.15, 0.2) is 47.3 Å². The number of carbonyl (C=O) groups excluding carboxylic acids is 1. The Labute approximate surface area is 182 Å². The molecular formula is C23H30N6O2. The lowest BCUT2D eigenvalue weighted by molar-refractivity contribution is -0.119. The molecule has 1 saturated heterocycles. The second-order valence-corrected chi connectivity index (χ2v) is 8.46. The first-order valence-electron chi connectivity index (χ1n) is 10.8. The number of nitrogens with zero attached hydrogens (tertiary/aromatic N) is 4. The molecule has 0 spiro atoms. The van der Waals surface area contributed by atoms with Gasteiger partial charge in [-0.1, -0.05) is 26.0 Å². The summed E-state index contributed by atoms with van der Waals surface area (Å²) in [5.74, 6) is 1.08. The predicted molar refractivity (Wildman–Crippen MR) is 120 cm³/mol.